The van der Waals surface area contributed by atoms with Gasteiger partial charge in [-0.1, -0.05) is 17.3 Å². The number of fused-ring (bicyclic) bond motifs is 6. The van der Waals surface area contributed by atoms with Crippen LogP contribution in [0, 0.1) is 6.08 Å². The van der Waals surface area contributed by atoms with Crippen molar-refractivity contribution >= 4 is 22.2 Å². The van der Waals surface area contributed by atoms with E-state index in [0.29, 0.717) is 29.4 Å². The van der Waals surface area contributed by atoms with Crippen molar-refractivity contribution < 1.29 is 9.13 Å². The van der Waals surface area contributed by atoms with Crippen LogP contribution in [0.4, 0.5) is 4.39 Å². The molecule has 1 aliphatic rings. The number of hydrogen-bond donors (Lipinski definition) is 0. The van der Waals surface area contributed by atoms with E-state index in [-0.39, 0.29) is 12.0 Å². The Labute approximate surface area is 157 Å². The summed E-state index contributed by atoms with van der Waals surface area (Å²) in [7, 11) is 0. The molecule has 5 aromatic rings. The molecule has 0 aliphatic carbocycles. The predicted molar refractivity (Wildman–Crippen MR) is 96.9 cm³/mol. The van der Waals surface area contributed by atoms with Gasteiger partial charge >= 0.3 is 0 Å². The maximum Gasteiger partial charge on any atom is 0.295 e. The van der Waals surface area contributed by atoms with Crippen molar-refractivity contribution in [3.05, 3.63) is 48.4 Å². The molecule has 5 heterocycles. The molecule has 140 valence electrons. The third-order valence-electron chi connectivity index (χ3n) is 5.48. The first kappa shape index (κ1) is 15.6. The highest BCUT2D eigenvalue weighted by atomic mass is 19.1. The fourth-order valence-electron chi connectivity index (χ4n) is 4.13. The van der Waals surface area contributed by atoms with Gasteiger partial charge in [-0.2, -0.15) is 9.07 Å². The fraction of sp³-hybridized carbons (Fsp3) is 0.278. The number of ether oxygens (including phenoxy) is 1. The minimum Gasteiger partial charge on any atom is -0.378 e. The van der Waals surface area contributed by atoms with Crippen LogP contribution in [0.2, 0.25) is 0 Å². The molecule has 1 saturated heterocycles. The summed E-state index contributed by atoms with van der Waals surface area (Å²) in [5, 5.41) is 17.9. The lowest BCUT2D eigenvalue weighted by Gasteiger charge is -2.14. The molecule has 1 aliphatic heterocycles. The Morgan fingerprint density at radius 3 is 2.89 bits per heavy atom. The van der Waals surface area contributed by atoms with E-state index < -0.39 is 6.08 Å². The Bertz CT molecular complexity index is 1350. The lowest BCUT2D eigenvalue weighted by molar-refractivity contribution is 0.117. The number of hydrogen-bond acceptors (Lipinski definition) is 6. The van der Waals surface area contributed by atoms with Crippen molar-refractivity contribution in [3.63, 3.8) is 0 Å². The van der Waals surface area contributed by atoms with Crippen LogP contribution in [0.25, 0.3) is 28.1 Å². The summed E-state index contributed by atoms with van der Waals surface area (Å²) in [6, 6.07) is 7.46. The molecule has 6 rings (SSSR count). The summed E-state index contributed by atoms with van der Waals surface area (Å²) >= 11 is 0. The minimum absolute atomic E-state index is 0.0599. The lowest BCUT2D eigenvalue weighted by atomic mass is 9.99. The molecule has 1 aromatic carbocycles. The van der Waals surface area contributed by atoms with E-state index in [1.807, 2.05) is 31.2 Å². The Kier molecular flexibility index (Phi) is 3.10. The number of para-hydroxylation sites is 1. The van der Waals surface area contributed by atoms with Crippen molar-refractivity contribution in [2.24, 2.45) is 0 Å². The molecule has 0 saturated carbocycles. The highest BCUT2D eigenvalue weighted by Gasteiger charge is 2.31. The first-order chi connectivity index (χ1) is 13.7. The van der Waals surface area contributed by atoms with E-state index in [9.17, 15) is 4.39 Å². The fourth-order valence-corrected chi connectivity index (χ4v) is 4.13. The summed E-state index contributed by atoms with van der Waals surface area (Å²) in [5.74, 6) is 0.595. The Morgan fingerprint density at radius 2 is 2.04 bits per heavy atom. The average Bonchev–Trinajstić information content (AvgIpc) is 3.46. The van der Waals surface area contributed by atoms with Crippen LogP contribution >= 0.6 is 0 Å². The molecule has 9 nitrogen and oxygen atoms in total. The number of benzene rings is 1. The molecule has 28 heavy (non-hydrogen) atoms. The Hall–Kier alpha value is -3.40. The first-order valence-electron chi connectivity index (χ1n) is 9.05. The molecule has 2 atom stereocenters. The van der Waals surface area contributed by atoms with Crippen LogP contribution in [0.5, 0.6) is 0 Å². The van der Waals surface area contributed by atoms with Crippen molar-refractivity contribution in [2.75, 3.05) is 6.61 Å². The molecule has 0 spiro atoms. The standard InChI is InChI=1S/C18H15FN8O/c1-10-11(6-7-28-10)14-8-21-24-27(14)18-23-22-16-12-4-2-3-5-13(12)25-15(26(16)18)9-20-17(25)19/h2-5,8-11H,6-7H2,1H3. The molecule has 0 N–H and O–H groups in total. The topological polar surface area (TPSA) is 87.4 Å². The maximum atomic E-state index is 14.5. The molecule has 4 aromatic heterocycles. The zero-order valence-corrected chi connectivity index (χ0v) is 14.9. The first-order valence-corrected chi connectivity index (χ1v) is 9.05. The molecule has 0 bridgehead atoms. The molecule has 1 fully saturated rings. The zero-order chi connectivity index (χ0) is 18.8. The van der Waals surface area contributed by atoms with Gasteiger partial charge < -0.3 is 4.74 Å². The molecule has 0 amide bonds. The summed E-state index contributed by atoms with van der Waals surface area (Å²) in [6.07, 6.45) is 3.55. The van der Waals surface area contributed by atoms with Gasteiger partial charge in [-0.3, -0.25) is 4.40 Å². The van der Waals surface area contributed by atoms with Gasteiger partial charge in [-0.05, 0) is 25.5 Å². The van der Waals surface area contributed by atoms with Crippen LogP contribution in [0.3, 0.4) is 0 Å². The summed E-state index contributed by atoms with van der Waals surface area (Å²) < 4.78 is 25.1. The molecular weight excluding hydrogens is 363 g/mol. The van der Waals surface area contributed by atoms with Crippen LogP contribution in [0.15, 0.2) is 36.7 Å². The third-order valence-corrected chi connectivity index (χ3v) is 5.48. The lowest BCUT2D eigenvalue weighted by Crippen LogP contribution is -2.16. The van der Waals surface area contributed by atoms with E-state index in [0.717, 1.165) is 17.5 Å². The van der Waals surface area contributed by atoms with Crippen molar-refractivity contribution in [3.8, 4) is 5.95 Å². The number of nitrogens with zero attached hydrogens (tertiary/aromatic N) is 8. The van der Waals surface area contributed by atoms with E-state index in [1.165, 1.54) is 10.6 Å². The molecule has 0 radical (unpaired) electrons. The SMILES string of the molecule is CC1OCCC1c1cnnn1-c1nnc2c3ccccc3n3c(F)ncc3n12. The normalized spacial score (nSPS) is 20.1. The summed E-state index contributed by atoms with van der Waals surface area (Å²) in [6.45, 7) is 2.73. The monoisotopic (exact) mass is 378 g/mol. The second-order valence-corrected chi connectivity index (χ2v) is 6.94. The number of rotatable bonds is 2. The highest BCUT2D eigenvalue weighted by molar-refractivity contribution is 5.94. The van der Waals surface area contributed by atoms with E-state index >= 15 is 0 Å². The van der Waals surface area contributed by atoms with Gasteiger partial charge in [-0.15, -0.1) is 15.3 Å². The van der Waals surface area contributed by atoms with Crippen LogP contribution in [0.1, 0.15) is 25.0 Å². The van der Waals surface area contributed by atoms with Gasteiger partial charge in [0.2, 0.25) is 0 Å². The van der Waals surface area contributed by atoms with Crippen LogP contribution in [-0.2, 0) is 4.74 Å². The highest BCUT2D eigenvalue weighted by Crippen LogP contribution is 2.32. The van der Waals surface area contributed by atoms with Gasteiger partial charge in [0, 0.05) is 17.9 Å². The van der Waals surface area contributed by atoms with E-state index in [4.69, 9.17) is 4.74 Å². The second-order valence-electron chi connectivity index (χ2n) is 6.94. The average molecular weight is 378 g/mol. The predicted octanol–water partition coefficient (Wildman–Crippen LogP) is 2.14. The Balaban J connectivity index is 1.70. The number of halogens is 1. The number of aromatic nitrogens is 8. The molecular formula is C18H15FN8O. The van der Waals surface area contributed by atoms with Crippen LogP contribution in [-0.4, -0.2) is 51.7 Å². The Morgan fingerprint density at radius 1 is 1.14 bits per heavy atom. The summed E-state index contributed by atoms with van der Waals surface area (Å²) in [5.41, 5.74) is 2.69. The van der Waals surface area contributed by atoms with Gasteiger partial charge in [0.25, 0.3) is 12.0 Å². The van der Waals surface area contributed by atoms with Gasteiger partial charge in [0.15, 0.2) is 5.65 Å². The van der Waals surface area contributed by atoms with Gasteiger partial charge in [-0.25, -0.2) is 9.38 Å². The minimum atomic E-state index is -0.593. The zero-order valence-electron chi connectivity index (χ0n) is 14.9. The third kappa shape index (κ3) is 1.95. The molecule has 2 unspecified atom stereocenters. The van der Waals surface area contributed by atoms with Gasteiger partial charge in [0.05, 0.1) is 29.7 Å². The van der Waals surface area contributed by atoms with Crippen molar-refractivity contribution in [1.82, 2.24) is 39.0 Å². The van der Waals surface area contributed by atoms with Gasteiger partial charge in [0.1, 0.15) is 5.65 Å². The largest absolute Gasteiger partial charge is 0.378 e. The smallest absolute Gasteiger partial charge is 0.295 e. The van der Waals surface area contributed by atoms with Crippen molar-refractivity contribution in [2.45, 2.75) is 25.4 Å². The summed E-state index contributed by atoms with van der Waals surface area (Å²) in [4.78, 5) is 3.86. The molecule has 10 heteroatoms. The van der Waals surface area contributed by atoms with E-state index in [1.54, 1.807) is 15.3 Å². The maximum absolute atomic E-state index is 14.5. The number of imidazole rings is 1. The van der Waals surface area contributed by atoms with Crippen LogP contribution < -0.4 is 0 Å². The van der Waals surface area contributed by atoms with Crippen molar-refractivity contribution in [1.29, 1.82) is 0 Å². The quantitative estimate of drug-likeness (QED) is 0.468. The van der Waals surface area contributed by atoms with E-state index in [2.05, 4.69) is 25.5 Å². The second kappa shape index (κ2) is 5.55.